The Labute approximate surface area is 172 Å². The summed E-state index contributed by atoms with van der Waals surface area (Å²) in [5, 5.41) is 16.2. The van der Waals surface area contributed by atoms with E-state index in [1.807, 2.05) is 6.92 Å². The molecule has 0 spiro atoms. The van der Waals surface area contributed by atoms with Gasteiger partial charge in [-0.05, 0) is 25.1 Å². The summed E-state index contributed by atoms with van der Waals surface area (Å²) in [6.45, 7) is 7.71. The van der Waals surface area contributed by atoms with Crippen LogP contribution in [0, 0.1) is 0 Å². The zero-order valence-electron chi connectivity index (χ0n) is 17.6. The molecule has 0 aromatic heterocycles. The van der Waals surface area contributed by atoms with Crippen LogP contribution >= 0.6 is 0 Å². The van der Waals surface area contributed by atoms with Crippen LogP contribution in [0.3, 0.4) is 0 Å². The Kier molecular flexibility index (Phi) is 9.52. The molecule has 29 heavy (non-hydrogen) atoms. The molecule has 1 aromatic rings. The summed E-state index contributed by atoms with van der Waals surface area (Å²) >= 11 is 0. The van der Waals surface area contributed by atoms with Gasteiger partial charge in [0.15, 0.2) is 5.96 Å². The summed E-state index contributed by atoms with van der Waals surface area (Å²) < 4.78 is 10.2. The summed E-state index contributed by atoms with van der Waals surface area (Å²) in [4.78, 5) is 21.0. The van der Waals surface area contributed by atoms with Crippen molar-refractivity contribution >= 4 is 11.9 Å². The van der Waals surface area contributed by atoms with Crippen LogP contribution in [0.1, 0.15) is 12.5 Å². The van der Waals surface area contributed by atoms with Crippen LogP contribution in [0.15, 0.2) is 23.2 Å². The molecule has 1 aliphatic heterocycles. The average molecular weight is 408 g/mol. The Hall–Kier alpha value is -2.52. The number of nitrogens with zero attached hydrogens (tertiary/aromatic N) is 3. The number of phenols is 1. The number of nitrogens with one attached hydrogen (secondary N) is 2. The molecule has 9 heteroatoms. The van der Waals surface area contributed by atoms with Gasteiger partial charge in [0.2, 0.25) is 5.91 Å². The number of guanidine groups is 1. The molecule has 0 unspecified atom stereocenters. The van der Waals surface area contributed by atoms with Crippen molar-refractivity contribution in [3.05, 3.63) is 23.8 Å². The first kappa shape index (κ1) is 22.8. The molecule has 162 valence electrons. The minimum atomic E-state index is 0.0181. The molecule has 3 N–H and O–H groups in total. The zero-order valence-corrected chi connectivity index (χ0v) is 17.6. The lowest BCUT2D eigenvalue weighted by molar-refractivity contribution is -0.122. The van der Waals surface area contributed by atoms with Crippen LogP contribution < -0.4 is 15.4 Å². The molecule has 0 saturated carbocycles. The van der Waals surface area contributed by atoms with Gasteiger partial charge in [0.05, 0.1) is 26.8 Å². The minimum Gasteiger partial charge on any atom is -0.508 e. The third-order valence-corrected chi connectivity index (χ3v) is 4.69. The molecule has 0 bridgehead atoms. The van der Waals surface area contributed by atoms with Gasteiger partial charge in [-0.15, -0.1) is 0 Å². The number of hydrogen-bond donors (Lipinski definition) is 3. The van der Waals surface area contributed by atoms with Crippen LogP contribution in [0.5, 0.6) is 11.5 Å². The topological polar surface area (TPSA) is 98.7 Å². The Bertz CT molecular complexity index is 675. The molecule has 1 fully saturated rings. The van der Waals surface area contributed by atoms with E-state index >= 15 is 0 Å². The number of carbonyl (C=O) groups excluding carboxylic acids is 1. The first-order valence-corrected chi connectivity index (χ1v) is 9.94. The number of carbonyl (C=O) groups is 1. The van der Waals surface area contributed by atoms with E-state index in [1.54, 1.807) is 32.4 Å². The Morgan fingerprint density at radius 3 is 2.62 bits per heavy atom. The summed E-state index contributed by atoms with van der Waals surface area (Å²) in [6, 6.07) is 5.13. The molecule has 0 radical (unpaired) electrons. The highest BCUT2D eigenvalue weighted by molar-refractivity contribution is 5.80. The molecule has 1 saturated heterocycles. The van der Waals surface area contributed by atoms with Crippen molar-refractivity contribution in [1.82, 2.24) is 20.4 Å². The van der Waals surface area contributed by atoms with E-state index < -0.39 is 0 Å². The number of amides is 1. The second kappa shape index (κ2) is 12.1. The lowest BCUT2D eigenvalue weighted by atomic mass is 10.2. The number of rotatable bonds is 9. The van der Waals surface area contributed by atoms with Gasteiger partial charge in [0, 0.05) is 51.9 Å². The second-order valence-electron chi connectivity index (χ2n) is 6.77. The molecule has 0 atom stereocenters. The molecule has 1 aromatic carbocycles. The van der Waals surface area contributed by atoms with Crippen LogP contribution in [0.25, 0.3) is 0 Å². The van der Waals surface area contributed by atoms with Gasteiger partial charge in [-0.3, -0.25) is 9.69 Å². The fourth-order valence-electron chi connectivity index (χ4n) is 3.07. The number of ether oxygens (including phenoxy) is 2. The number of methoxy groups -OCH3 is 2. The number of hydrogen-bond acceptors (Lipinski definition) is 6. The zero-order chi connectivity index (χ0) is 21.1. The molecule has 0 aliphatic carbocycles. The van der Waals surface area contributed by atoms with Crippen LogP contribution in [0.2, 0.25) is 0 Å². The highest BCUT2D eigenvalue weighted by Crippen LogP contribution is 2.23. The third-order valence-electron chi connectivity index (χ3n) is 4.69. The number of phenolic OH excluding ortho intramolecular Hbond substituents is 1. The number of benzene rings is 1. The molecule has 1 aliphatic rings. The lowest BCUT2D eigenvalue weighted by Gasteiger charge is -2.36. The van der Waals surface area contributed by atoms with Crippen molar-refractivity contribution in [1.29, 1.82) is 0 Å². The number of aliphatic imine (C=N–C) groups is 1. The number of aromatic hydroxyl groups is 1. The maximum Gasteiger partial charge on any atom is 0.234 e. The maximum atomic E-state index is 12.0. The molecule has 2 rings (SSSR count). The minimum absolute atomic E-state index is 0.0181. The largest absolute Gasteiger partial charge is 0.508 e. The predicted molar refractivity (Wildman–Crippen MR) is 112 cm³/mol. The fraction of sp³-hybridized carbons (Fsp3) is 0.600. The van der Waals surface area contributed by atoms with E-state index in [2.05, 4.69) is 25.4 Å². The van der Waals surface area contributed by atoms with Crippen molar-refractivity contribution in [2.75, 3.05) is 66.6 Å². The molecule has 9 nitrogen and oxygen atoms in total. The highest BCUT2D eigenvalue weighted by atomic mass is 16.5. The molecule has 1 amide bonds. The molecule has 1 heterocycles. The first-order valence-electron chi connectivity index (χ1n) is 9.94. The quantitative estimate of drug-likeness (QED) is 0.307. The third kappa shape index (κ3) is 7.43. The van der Waals surface area contributed by atoms with Gasteiger partial charge in [0.1, 0.15) is 11.5 Å². The van der Waals surface area contributed by atoms with E-state index in [9.17, 15) is 9.90 Å². The Balaban J connectivity index is 1.90. The van der Waals surface area contributed by atoms with E-state index in [4.69, 9.17) is 9.47 Å². The van der Waals surface area contributed by atoms with Crippen molar-refractivity contribution in [3.63, 3.8) is 0 Å². The van der Waals surface area contributed by atoms with Crippen LogP contribution in [-0.4, -0.2) is 93.4 Å². The van der Waals surface area contributed by atoms with E-state index in [0.717, 1.165) is 38.7 Å². The van der Waals surface area contributed by atoms with Crippen molar-refractivity contribution in [2.24, 2.45) is 4.99 Å². The van der Waals surface area contributed by atoms with Gasteiger partial charge in [0.25, 0.3) is 0 Å². The highest BCUT2D eigenvalue weighted by Gasteiger charge is 2.21. The van der Waals surface area contributed by atoms with E-state index in [-0.39, 0.29) is 11.7 Å². The van der Waals surface area contributed by atoms with Crippen LogP contribution in [0.4, 0.5) is 0 Å². The Morgan fingerprint density at radius 1 is 1.21 bits per heavy atom. The van der Waals surface area contributed by atoms with E-state index in [1.165, 1.54) is 0 Å². The monoisotopic (exact) mass is 407 g/mol. The van der Waals surface area contributed by atoms with Crippen LogP contribution in [-0.2, 0) is 16.1 Å². The summed E-state index contributed by atoms with van der Waals surface area (Å²) in [6.07, 6.45) is 0. The van der Waals surface area contributed by atoms with Crippen molar-refractivity contribution in [2.45, 2.75) is 13.5 Å². The van der Waals surface area contributed by atoms with Gasteiger partial charge >= 0.3 is 0 Å². The fourth-order valence-corrected chi connectivity index (χ4v) is 3.07. The predicted octanol–water partition coefficient (Wildman–Crippen LogP) is 0.247. The van der Waals surface area contributed by atoms with Gasteiger partial charge < -0.3 is 30.1 Å². The standard InChI is InChI=1S/C20H33N5O4/c1-4-21-20(23-14-16-13-17(29-3)5-6-18(16)26)25-10-8-24(9-11-25)15-19(27)22-7-12-28-2/h5-6,13,26H,4,7-12,14-15H2,1-3H3,(H,21,23)(H,22,27). The molecular formula is C20H33N5O4. The average Bonchev–Trinajstić information content (AvgIpc) is 2.73. The van der Waals surface area contributed by atoms with Crippen molar-refractivity contribution in [3.8, 4) is 11.5 Å². The van der Waals surface area contributed by atoms with Gasteiger partial charge in [-0.1, -0.05) is 0 Å². The number of piperazine rings is 1. The van der Waals surface area contributed by atoms with Crippen molar-refractivity contribution < 1.29 is 19.4 Å². The Morgan fingerprint density at radius 2 is 1.97 bits per heavy atom. The summed E-state index contributed by atoms with van der Waals surface area (Å²) in [5.41, 5.74) is 0.714. The summed E-state index contributed by atoms with van der Waals surface area (Å²) in [7, 11) is 3.21. The molecular weight excluding hydrogens is 374 g/mol. The summed E-state index contributed by atoms with van der Waals surface area (Å²) in [5.74, 6) is 1.72. The first-order chi connectivity index (χ1) is 14.1. The lowest BCUT2D eigenvalue weighted by Crippen LogP contribution is -2.54. The second-order valence-corrected chi connectivity index (χ2v) is 6.77. The van der Waals surface area contributed by atoms with Gasteiger partial charge in [-0.2, -0.15) is 0 Å². The van der Waals surface area contributed by atoms with Gasteiger partial charge in [-0.25, -0.2) is 4.99 Å². The normalized spacial score (nSPS) is 15.3. The smallest absolute Gasteiger partial charge is 0.234 e. The maximum absolute atomic E-state index is 12.0. The SMILES string of the molecule is CCNC(=NCc1cc(OC)ccc1O)N1CCN(CC(=O)NCCOC)CC1. The van der Waals surface area contributed by atoms with E-state index in [0.29, 0.717) is 37.6 Å².